The fourth-order valence-electron chi connectivity index (χ4n) is 3.15. The molecule has 0 bridgehead atoms. The highest BCUT2D eigenvalue weighted by atomic mass is 19.4. The number of pyridine rings is 1. The molecule has 0 unspecified atom stereocenters. The van der Waals surface area contributed by atoms with Crippen molar-refractivity contribution in [3.63, 3.8) is 0 Å². The topological polar surface area (TPSA) is 62.2 Å². The van der Waals surface area contributed by atoms with Crippen LogP contribution in [0.15, 0.2) is 47.8 Å². The number of halogens is 3. The first-order valence-corrected chi connectivity index (χ1v) is 11.0. The zero-order valence-corrected chi connectivity index (χ0v) is 19.9. The maximum absolute atomic E-state index is 13.0. The van der Waals surface area contributed by atoms with Gasteiger partial charge in [0.15, 0.2) is 0 Å². The fourth-order valence-corrected chi connectivity index (χ4v) is 3.15. The molecule has 2 rings (SSSR count). The van der Waals surface area contributed by atoms with Crippen molar-refractivity contribution >= 4 is 5.71 Å². The number of hydrogen-bond acceptors (Lipinski definition) is 6. The smallest absolute Gasteiger partial charge is 0.438 e. The minimum Gasteiger partial charge on any atom is -0.493 e. The molecule has 0 aliphatic carbocycles. The third-order valence-electron chi connectivity index (χ3n) is 4.75. The molecular weight excluding hydrogens is 449 g/mol. The zero-order valence-electron chi connectivity index (χ0n) is 19.9. The third kappa shape index (κ3) is 8.61. The van der Waals surface area contributed by atoms with Crippen LogP contribution in [0.1, 0.15) is 43.0 Å². The van der Waals surface area contributed by atoms with Crippen LogP contribution < -0.4 is 14.2 Å². The van der Waals surface area contributed by atoms with Gasteiger partial charge in [-0.3, -0.25) is 4.98 Å². The summed E-state index contributed by atoms with van der Waals surface area (Å²) >= 11 is 0. The van der Waals surface area contributed by atoms with Crippen molar-refractivity contribution in [3.05, 3.63) is 59.4 Å². The maximum atomic E-state index is 13.0. The van der Waals surface area contributed by atoms with Crippen LogP contribution in [0.4, 0.5) is 13.2 Å². The molecule has 2 aromatic rings. The molecule has 1 aromatic heterocycles. The Morgan fingerprint density at radius 1 is 0.971 bits per heavy atom. The predicted molar refractivity (Wildman–Crippen MR) is 125 cm³/mol. The van der Waals surface area contributed by atoms with Gasteiger partial charge in [-0.15, -0.1) is 0 Å². The Morgan fingerprint density at radius 2 is 1.65 bits per heavy atom. The second-order valence-electron chi connectivity index (χ2n) is 7.52. The lowest BCUT2D eigenvalue weighted by Crippen LogP contribution is -2.25. The zero-order chi connectivity index (χ0) is 25.0. The lowest BCUT2D eigenvalue weighted by atomic mass is 10.1. The van der Waals surface area contributed by atoms with Crippen molar-refractivity contribution in [3.8, 4) is 17.2 Å². The van der Waals surface area contributed by atoms with Crippen molar-refractivity contribution < 1.29 is 32.2 Å². The van der Waals surface area contributed by atoms with E-state index in [4.69, 9.17) is 14.2 Å². The minimum atomic E-state index is -4.66. The van der Waals surface area contributed by atoms with E-state index in [1.165, 1.54) is 18.3 Å². The van der Waals surface area contributed by atoms with Gasteiger partial charge in [0.1, 0.15) is 31.0 Å². The van der Waals surface area contributed by atoms with Crippen molar-refractivity contribution in [2.75, 3.05) is 26.9 Å². The van der Waals surface area contributed by atoms with E-state index in [1.807, 2.05) is 45.1 Å². The van der Waals surface area contributed by atoms with Gasteiger partial charge < -0.3 is 19.0 Å². The summed E-state index contributed by atoms with van der Waals surface area (Å²) in [6.45, 7) is 7.49. The molecule has 0 radical (unpaired) electrons. The number of rotatable bonds is 13. The second-order valence-corrected chi connectivity index (χ2v) is 7.52. The molecular formula is C25H31F3N2O4. The van der Waals surface area contributed by atoms with E-state index in [9.17, 15) is 13.2 Å². The van der Waals surface area contributed by atoms with Crippen LogP contribution in [0, 0.1) is 13.8 Å². The molecule has 0 amide bonds. The van der Waals surface area contributed by atoms with Crippen LogP contribution in [-0.2, 0) is 4.84 Å². The standard InChI is InChI=1S/C25H31F3N2O4/c1-5-6-12-33-21-15-18(2)23(19(3)16-21)34-14-9-7-8-13-32-20-10-11-22(29-17-20)24(30-31-4)25(26,27)28/h5-6,10-11,15-17H,7-9,12-14H2,1-4H3/b6-5+,30-24-. The summed E-state index contributed by atoms with van der Waals surface area (Å²) < 4.78 is 56.1. The van der Waals surface area contributed by atoms with Crippen LogP contribution in [0.3, 0.4) is 0 Å². The van der Waals surface area contributed by atoms with E-state index in [2.05, 4.69) is 15.0 Å². The van der Waals surface area contributed by atoms with Crippen LogP contribution in [0.2, 0.25) is 0 Å². The van der Waals surface area contributed by atoms with Crippen molar-refractivity contribution in [1.82, 2.24) is 4.98 Å². The van der Waals surface area contributed by atoms with Crippen LogP contribution >= 0.6 is 0 Å². The van der Waals surface area contributed by atoms with Gasteiger partial charge in [0.2, 0.25) is 5.71 Å². The van der Waals surface area contributed by atoms with Gasteiger partial charge in [0, 0.05) is 0 Å². The number of benzene rings is 1. The molecule has 0 aliphatic heterocycles. The van der Waals surface area contributed by atoms with Gasteiger partial charge in [-0.25, -0.2) is 0 Å². The monoisotopic (exact) mass is 480 g/mol. The second kappa shape index (κ2) is 13.5. The number of allylic oxidation sites excluding steroid dienone is 1. The molecule has 0 aliphatic rings. The molecule has 0 saturated heterocycles. The van der Waals surface area contributed by atoms with E-state index in [0.717, 1.165) is 49.0 Å². The Bertz CT molecular complexity index is 935. The average Bonchev–Trinajstić information content (AvgIpc) is 2.78. The van der Waals surface area contributed by atoms with Gasteiger partial charge in [-0.05, 0) is 75.4 Å². The number of aromatic nitrogens is 1. The molecule has 0 atom stereocenters. The van der Waals surface area contributed by atoms with Gasteiger partial charge >= 0.3 is 6.18 Å². The molecule has 1 heterocycles. The summed E-state index contributed by atoms with van der Waals surface area (Å²) in [5.41, 5.74) is 0.530. The van der Waals surface area contributed by atoms with E-state index >= 15 is 0 Å². The molecule has 0 saturated carbocycles. The highest BCUT2D eigenvalue weighted by Crippen LogP contribution is 2.29. The van der Waals surface area contributed by atoms with Crippen molar-refractivity contribution in [2.45, 2.75) is 46.2 Å². The van der Waals surface area contributed by atoms with E-state index in [1.54, 1.807) is 0 Å². The number of ether oxygens (including phenoxy) is 3. The highest BCUT2D eigenvalue weighted by Gasteiger charge is 2.38. The number of oxime groups is 1. The number of aryl methyl sites for hydroxylation is 2. The van der Waals surface area contributed by atoms with Gasteiger partial charge in [-0.1, -0.05) is 17.3 Å². The summed E-state index contributed by atoms with van der Waals surface area (Å²) in [5, 5.41) is 3.02. The normalized spacial score (nSPS) is 12.1. The fraction of sp³-hybridized carbons (Fsp3) is 0.440. The summed E-state index contributed by atoms with van der Waals surface area (Å²) in [5.74, 6) is 2.08. The Labute approximate surface area is 198 Å². The van der Waals surface area contributed by atoms with E-state index in [0.29, 0.717) is 25.6 Å². The Hall–Kier alpha value is -3.23. The first-order valence-electron chi connectivity index (χ1n) is 11.0. The first kappa shape index (κ1) is 27.0. The SMILES string of the molecule is C/C=C/COc1cc(C)c(OCCCCCOc2ccc(/C(=N/OC)C(F)(F)F)nc2)c(C)c1. The van der Waals surface area contributed by atoms with Gasteiger partial charge in [-0.2, -0.15) is 13.2 Å². The number of nitrogens with zero attached hydrogens (tertiary/aromatic N) is 2. The van der Waals surface area contributed by atoms with Crippen LogP contribution in [0.5, 0.6) is 17.2 Å². The summed E-state index contributed by atoms with van der Waals surface area (Å²) in [4.78, 5) is 8.05. The Morgan fingerprint density at radius 3 is 2.21 bits per heavy atom. The number of hydrogen-bond donors (Lipinski definition) is 0. The van der Waals surface area contributed by atoms with Crippen LogP contribution in [-0.4, -0.2) is 43.8 Å². The molecule has 9 heteroatoms. The third-order valence-corrected chi connectivity index (χ3v) is 4.75. The average molecular weight is 481 g/mol. The molecule has 6 nitrogen and oxygen atoms in total. The van der Waals surface area contributed by atoms with E-state index < -0.39 is 11.9 Å². The molecule has 0 fully saturated rings. The molecule has 34 heavy (non-hydrogen) atoms. The Balaban J connectivity index is 1.72. The molecule has 186 valence electrons. The minimum absolute atomic E-state index is 0.332. The first-order chi connectivity index (χ1) is 16.3. The van der Waals surface area contributed by atoms with Crippen LogP contribution in [0.25, 0.3) is 0 Å². The molecule has 0 N–H and O–H groups in total. The van der Waals surface area contributed by atoms with Crippen molar-refractivity contribution in [1.29, 1.82) is 0 Å². The number of alkyl halides is 3. The van der Waals surface area contributed by atoms with Gasteiger partial charge in [0.05, 0.1) is 25.1 Å². The Kier molecular flexibility index (Phi) is 10.7. The highest BCUT2D eigenvalue weighted by molar-refractivity contribution is 6.02. The molecule has 0 spiro atoms. The lowest BCUT2D eigenvalue weighted by Gasteiger charge is -2.14. The predicted octanol–water partition coefficient (Wildman–Crippen LogP) is 6.19. The number of unbranched alkanes of at least 4 members (excludes halogenated alkanes) is 2. The largest absolute Gasteiger partial charge is 0.493 e. The van der Waals surface area contributed by atoms with Gasteiger partial charge in [0.25, 0.3) is 0 Å². The lowest BCUT2D eigenvalue weighted by molar-refractivity contribution is -0.0609. The summed E-state index contributed by atoms with van der Waals surface area (Å²) in [6, 6.07) is 6.57. The summed E-state index contributed by atoms with van der Waals surface area (Å²) in [6.07, 6.45) is 2.99. The van der Waals surface area contributed by atoms with Crippen molar-refractivity contribution in [2.24, 2.45) is 5.16 Å². The van der Waals surface area contributed by atoms with E-state index in [-0.39, 0.29) is 5.69 Å². The maximum Gasteiger partial charge on any atom is 0.438 e. The summed E-state index contributed by atoms with van der Waals surface area (Å²) in [7, 11) is 1.05. The molecule has 1 aromatic carbocycles. The quantitative estimate of drug-likeness (QED) is 0.148.